The Balaban J connectivity index is 1.74. The predicted octanol–water partition coefficient (Wildman–Crippen LogP) is 3.90. The van der Waals surface area contributed by atoms with Gasteiger partial charge in [-0.25, -0.2) is 8.42 Å². The van der Waals surface area contributed by atoms with Crippen LogP contribution in [0.15, 0.2) is 41.8 Å². The molecule has 140 valence electrons. The van der Waals surface area contributed by atoms with Crippen molar-refractivity contribution in [1.82, 2.24) is 5.32 Å². The second-order valence-corrected chi connectivity index (χ2v) is 10.00. The highest BCUT2D eigenvalue weighted by atomic mass is 32.2. The van der Waals surface area contributed by atoms with Crippen molar-refractivity contribution in [2.45, 2.75) is 31.2 Å². The van der Waals surface area contributed by atoms with Gasteiger partial charge in [-0.15, -0.1) is 11.3 Å². The van der Waals surface area contributed by atoms with Crippen LogP contribution in [0.25, 0.3) is 0 Å². The molecule has 0 amide bonds. The molecule has 26 heavy (non-hydrogen) atoms. The molecule has 0 unspecified atom stereocenters. The Labute approximate surface area is 164 Å². The first-order chi connectivity index (χ1) is 12.3. The van der Waals surface area contributed by atoms with E-state index in [1.54, 1.807) is 23.5 Å². The van der Waals surface area contributed by atoms with E-state index in [9.17, 15) is 8.42 Å². The van der Waals surface area contributed by atoms with Gasteiger partial charge in [-0.3, -0.25) is 4.31 Å². The minimum absolute atomic E-state index is 0.0978. The molecule has 1 aliphatic rings. The van der Waals surface area contributed by atoms with Crippen LogP contribution in [-0.4, -0.2) is 26.8 Å². The van der Waals surface area contributed by atoms with Gasteiger partial charge in [0.2, 0.25) is 10.0 Å². The van der Waals surface area contributed by atoms with Crippen molar-refractivity contribution in [2.75, 3.05) is 22.9 Å². The highest BCUT2D eigenvalue weighted by molar-refractivity contribution is 7.92. The topological polar surface area (TPSA) is 61.4 Å². The van der Waals surface area contributed by atoms with Crippen molar-refractivity contribution in [3.8, 4) is 0 Å². The van der Waals surface area contributed by atoms with Crippen molar-refractivity contribution in [1.29, 1.82) is 0 Å². The normalized spacial score (nSPS) is 16.2. The maximum Gasteiger partial charge on any atom is 0.231 e. The number of sulfonamides is 1. The monoisotopic (exact) mass is 409 g/mol. The average Bonchev–Trinajstić information content (AvgIpc) is 3.25. The molecule has 0 atom stereocenters. The lowest BCUT2D eigenvalue weighted by atomic mass is 9.96. The van der Waals surface area contributed by atoms with Gasteiger partial charge >= 0.3 is 0 Å². The summed E-state index contributed by atoms with van der Waals surface area (Å²) in [6.07, 6.45) is 5.67. The molecule has 1 saturated carbocycles. The third kappa shape index (κ3) is 4.19. The molecule has 0 saturated heterocycles. The molecule has 3 rings (SSSR count). The molecule has 0 bridgehead atoms. The van der Waals surface area contributed by atoms with Gasteiger partial charge in [0.25, 0.3) is 0 Å². The summed E-state index contributed by atoms with van der Waals surface area (Å²) in [6.45, 7) is 0. The van der Waals surface area contributed by atoms with E-state index in [4.69, 9.17) is 12.2 Å². The lowest BCUT2D eigenvalue weighted by Gasteiger charge is -2.31. The largest absolute Gasteiger partial charge is 0.352 e. The Kier molecular flexibility index (Phi) is 5.55. The van der Waals surface area contributed by atoms with Crippen LogP contribution >= 0.6 is 23.6 Å². The van der Waals surface area contributed by atoms with Crippen molar-refractivity contribution in [2.24, 2.45) is 0 Å². The quantitative estimate of drug-likeness (QED) is 0.734. The van der Waals surface area contributed by atoms with Gasteiger partial charge in [-0.05, 0) is 54.7 Å². The molecular weight excluding hydrogens is 386 g/mol. The number of thiophene rings is 1. The van der Waals surface area contributed by atoms with Crippen LogP contribution in [-0.2, 0) is 15.6 Å². The summed E-state index contributed by atoms with van der Waals surface area (Å²) in [5.74, 6) is 0. The first kappa shape index (κ1) is 19.1. The Morgan fingerprint density at radius 3 is 2.58 bits per heavy atom. The summed E-state index contributed by atoms with van der Waals surface area (Å²) in [5, 5.41) is 9.38. The third-order valence-corrected chi connectivity index (χ3v) is 7.25. The molecule has 2 aromatic rings. The van der Waals surface area contributed by atoms with Crippen LogP contribution in [0, 0.1) is 0 Å². The molecule has 0 radical (unpaired) electrons. The smallest absolute Gasteiger partial charge is 0.231 e. The molecule has 1 aromatic carbocycles. The van der Waals surface area contributed by atoms with Crippen molar-refractivity contribution >= 4 is 50.1 Å². The van der Waals surface area contributed by atoms with Gasteiger partial charge in [0, 0.05) is 17.6 Å². The lowest BCUT2D eigenvalue weighted by molar-refractivity contribution is 0.417. The first-order valence-corrected chi connectivity index (χ1v) is 11.6. The Hall–Kier alpha value is -1.64. The molecular formula is C18H23N3O2S3. The third-order valence-electron chi connectivity index (χ3n) is 4.77. The maximum atomic E-state index is 11.7. The van der Waals surface area contributed by atoms with E-state index in [2.05, 4.69) is 28.1 Å². The van der Waals surface area contributed by atoms with Crippen LogP contribution in [0.5, 0.6) is 0 Å². The molecule has 1 fully saturated rings. The van der Waals surface area contributed by atoms with Crippen molar-refractivity contribution in [3.63, 3.8) is 0 Å². The summed E-state index contributed by atoms with van der Waals surface area (Å²) < 4.78 is 24.7. The van der Waals surface area contributed by atoms with E-state index >= 15 is 0 Å². The van der Waals surface area contributed by atoms with E-state index in [1.165, 1.54) is 35.3 Å². The first-order valence-electron chi connectivity index (χ1n) is 8.47. The predicted molar refractivity (Wildman–Crippen MR) is 114 cm³/mol. The standard InChI is InChI=1S/C18H23N3O2S3/c1-21(26(2,22)23)15-8-5-7-14(13-15)19-17(24)20-18(10-3-4-11-18)16-9-6-12-25-16/h5-9,12-13H,3-4,10-11H2,1-2H3,(H2,19,20,24). The van der Waals surface area contributed by atoms with E-state index < -0.39 is 10.0 Å². The maximum absolute atomic E-state index is 11.7. The Morgan fingerprint density at radius 1 is 1.23 bits per heavy atom. The number of hydrogen-bond acceptors (Lipinski definition) is 4. The number of benzene rings is 1. The summed E-state index contributed by atoms with van der Waals surface area (Å²) in [6, 6.07) is 11.5. The van der Waals surface area contributed by atoms with Crippen LogP contribution < -0.4 is 14.9 Å². The Morgan fingerprint density at radius 2 is 1.96 bits per heavy atom. The van der Waals surface area contributed by atoms with Crippen LogP contribution in [0.1, 0.15) is 30.6 Å². The highest BCUT2D eigenvalue weighted by Gasteiger charge is 2.37. The van der Waals surface area contributed by atoms with Crippen molar-refractivity contribution < 1.29 is 8.42 Å². The van der Waals surface area contributed by atoms with E-state index in [1.807, 2.05) is 12.1 Å². The number of rotatable bonds is 5. The zero-order valence-electron chi connectivity index (χ0n) is 14.9. The zero-order chi connectivity index (χ0) is 18.8. The van der Waals surface area contributed by atoms with E-state index in [0.717, 1.165) is 18.5 Å². The fourth-order valence-electron chi connectivity index (χ4n) is 3.31. The average molecular weight is 410 g/mol. The molecule has 8 heteroatoms. The van der Waals surface area contributed by atoms with Crippen LogP contribution in [0.4, 0.5) is 11.4 Å². The van der Waals surface area contributed by atoms with Gasteiger partial charge in [0.1, 0.15) is 0 Å². The molecule has 2 N–H and O–H groups in total. The van der Waals surface area contributed by atoms with Crippen molar-refractivity contribution in [3.05, 3.63) is 46.7 Å². The number of anilines is 2. The minimum atomic E-state index is -3.30. The SMILES string of the molecule is CN(c1cccc(NC(=S)NC2(c3cccs3)CCCC2)c1)S(C)(=O)=O. The van der Waals surface area contributed by atoms with Gasteiger partial charge < -0.3 is 10.6 Å². The second kappa shape index (κ2) is 7.54. The van der Waals surface area contributed by atoms with E-state index in [-0.39, 0.29) is 5.54 Å². The fourth-order valence-corrected chi connectivity index (χ4v) is 5.06. The molecule has 5 nitrogen and oxygen atoms in total. The van der Waals surface area contributed by atoms with Crippen LogP contribution in [0.3, 0.4) is 0 Å². The molecule has 1 aliphatic carbocycles. The number of thiocarbonyl (C=S) groups is 1. The number of nitrogens with one attached hydrogen (secondary N) is 2. The fraction of sp³-hybridized carbons (Fsp3) is 0.389. The summed E-state index contributed by atoms with van der Waals surface area (Å²) in [7, 11) is -1.76. The molecule has 0 aliphatic heterocycles. The summed E-state index contributed by atoms with van der Waals surface area (Å²) in [5.41, 5.74) is 1.25. The number of hydrogen-bond donors (Lipinski definition) is 2. The molecule has 1 heterocycles. The Bertz CT molecular complexity index is 873. The summed E-state index contributed by atoms with van der Waals surface area (Å²) in [4.78, 5) is 1.31. The van der Waals surface area contributed by atoms with Gasteiger partial charge in [0.15, 0.2) is 5.11 Å². The number of nitrogens with zero attached hydrogens (tertiary/aromatic N) is 1. The minimum Gasteiger partial charge on any atom is -0.352 e. The van der Waals surface area contributed by atoms with Gasteiger partial charge in [-0.2, -0.15) is 0 Å². The van der Waals surface area contributed by atoms with Gasteiger partial charge in [-0.1, -0.05) is 25.0 Å². The van der Waals surface area contributed by atoms with E-state index in [0.29, 0.717) is 10.8 Å². The zero-order valence-corrected chi connectivity index (χ0v) is 17.3. The van der Waals surface area contributed by atoms with Gasteiger partial charge in [0.05, 0.1) is 17.5 Å². The lowest BCUT2D eigenvalue weighted by Crippen LogP contribution is -2.45. The summed E-state index contributed by atoms with van der Waals surface area (Å²) >= 11 is 7.30. The van der Waals surface area contributed by atoms with Crippen LogP contribution in [0.2, 0.25) is 0 Å². The molecule has 0 spiro atoms. The second-order valence-electron chi connectivity index (χ2n) is 6.63. The highest BCUT2D eigenvalue weighted by Crippen LogP contribution is 2.40. The molecule has 1 aromatic heterocycles.